The summed E-state index contributed by atoms with van der Waals surface area (Å²) in [5.74, 6) is 1.02. The number of anilines is 1. The molecule has 4 aromatic rings. The van der Waals surface area contributed by atoms with Crippen molar-refractivity contribution in [2.24, 2.45) is 0 Å². The monoisotopic (exact) mass is 446 g/mol. The highest BCUT2D eigenvalue weighted by Gasteiger charge is 2.22. The maximum Gasteiger partial charge on any atom is 0.267 e. The molecule has 4 rings (SSSR count). The summed E-state index contributed by atoms with van der Waals surface area (Å²) in [5, 5.41) is 0.671. The Hall–Kier alpha value is -3.38. The number of fused-ring (bicyclic) bond motifs is 1. The first-order valence-electron chi connectivity index (χ1n) is 10.6. The van der Waals surface area contributed by atoms with Gasteiger partial charge in [-0.25, -0.2) is 4.98 Å². The third kappa shape index (κ3) is 4.92. The van der Waals surface area contributed by atoms with Crippen molar-refractivity contribution < 1.29 is 14.3 Å². The molecular weight excluding hydrogens is 420 g/mol. The number of para-hydroxylation sites is 2. The molecule has 0 atom stereocenters. The predicted molar refractivity (Wildman–Crippen MR) is 130 cm³/mol. The van der Waals surface area contributed by atoms with Crippen molar-refractivity contribution in [2.75, 3.05) is 18.1 Å². The van der Waals surface area contributed by atoms with Crippen LogP contribution < -0.4 is 14.4 Å². The summed E-state index contributed by atoms with van der Waals surface area (Å²) in [7, 11) is 0. The van der Waals surface area contributed by atoms with Crippen molar-refractivity contribution >= 4 is 32.6 Å². The molecule has 0 unspecified atom stereocenters. The van der Waals surface area contributed by atoms with E-state index in [2.05, 4.69) is 26.0 Å². The summed E-state index contributed by atoms with van der Waals surface area (Å²) >= 11 is 1.53. The van der Waals surface area contributed by atoms with Crippen LogP contribution in [0.2, 0.25) is 0 Å². The summed E-state index contributed by atoms with van der Waals surface area (Å²) in [4.78, 5) is 19.9. The van der Waals surface area contributed by atoms with Crippen LogP contribution in [0, 0.1) is 13.8 Å². The van der Waals surface area contributed by atoms with Crippen molar-refractivity contribution in [1.29, 1.82) is 0 Å². The van der Waals surface area contributed by atoms with E-state index in [4.69, 9.17) is 14.5 Å². The Morgan fingerprint density at radius 3 is 2.38 bits per heavy atom. The molecule has 0 saturated heterocycles. The fourth-order valence-electron chi connectivity index (χ4n) is 3.56. The van der Waals surface area contributed by atoms with Gasteiger partial charge in [-0.15, -0.1) is 0 Å². The van der Waals surface area contributed by atoms with Gasteiger partial charge in [0.15, 0.2) is 23.2 Å². The zero-order valence-electron chi connectivity index (χ0n) is 18.5. The number of rotatable bonds is 8. The lowest BCUT2D eigenvalue weighted by molar-refractivity contribution is -0.120. The molecule has 1 heterocycles. The van der Waals surface area contributed by atoms with Crippen LogP contribution >= 0.6 is 11.3 Å². The van der Waals surface area contributed by atoms with Gasteiger partial charge >= 0.3 is 0 Å². The molecule has 0 aliphatic carbocycles. The van der Waals surface area contributed by atoms with Gasteiger partial charge in [-0.1, -0.05) is 59.9 Å². The molecular formula is C26H26N2O3S. The second-order valence-electron chi connectivity index (χ2n) is 7.56. The smallest absolute Gasteiger partial charge is 0.267 e. The fraction of sp³-hybridized carbons (Fsp3) is 0.231. The SMILES string of the molecule is CCOc1ccccc1OCC(=O)N(Cc1ccccc1)c1nc2c(C)cc(C)cc2s1. The first kappa shape index (κ1) is 21.8. The van der Waals surface area contributed by atoms with E-state index in [1.54, 1.807) is 4.90 Å². The van der Waals surface area contributed by atoms with Crippen LogP contribution in [0.4, 0.5) is 5.13 Å². The topological polar surface area (TPSA) is 51.7 Å². The van der Waals surface area contributed by atoms with Crippen LogP contribution in [0.3, 0.4) is 0 Å². The average Bonchev–Trinajstić information content (AvgIpc) is 3.21. The summed E-state index contributed by atoms with van der Waals surface area (Å²) in [6.45, 7) is 6.89. The van der Waals surface area contributed by atoms with Crippen LogP contribution in [-0.2, 0) is 11.3 Å². The Bertz CT molecular complexity index is 1220. The largest absolute Gasteiger partial charge is 0.490 e. The molecule has 6 heteroatoms. The third-order valence-corrected chi connectivity index (χ3v) is 6.06. The highest BCUT2D eigenvalue weighted by atomic mass is 32.1. The van der Waals surface area contributed by atoms with E-state index in [-0.39, 0.29) is 12.5 Å². The molecule has 32 heavy (non-hydrogen) atoms. The lowest BCUT2D eigenvalue weighted by Crippen LogP contribution is -2.34. The zero-order chi connectivity index (χ0) is 22.5. The molecule has 164 valence electrons. The van der Waals surface area contributed by atoms with Gasteiger partial charge in [-0.05, 0) is 55.7 Å². The molecule has 0 radical (unpaired) electrons. The number of hydrogen-bond acceptors (Lipinski definition) is 5. The van der Waals surface area contributed by atoms with E-state index in [0.29, 0.717) is 29.8 Å². The number of benzene rings is 3. The van der Waals surface area contributed by atoms with Crippen LogP contribution in [0.15, 0.2) is 66.7 Å². The number of carbonyl (C=O) groups is 1. The molecule has 5 nitrogen and oxygen atoms in total. The molecule has 0 N–H and O–H groups in total. The van der Waals surface area contributed by atoms with Crippen molar-refractivity contribution in [3.8, 4) is 11.5 Å². The Labute approximate surface area is 192 Å². The number of thiazole rings is 1. The maximum absolute atomic E-state index is 13.3. The summed E-state index contributed by atoms with van der Waals surface area (Å²) < 4.78 is 12.6. The maximum atomic E-state index is 13.3. The van der Waals surface area contributed by atoms with E-state index < -0.39 is 0 Å². The number of nitrogens with zero attached hydrogens (tertiary/aromatic N) is 2. The van der Waals surface area contributed by atoms with Gasteiger partial charge in [0, 0.05) is 0 Å². The Balaban J connectivity index is 1.62. The Kier molecular flexibility index (Phi) is 6.71. The quantitative estimate of drug-likeness (QED) is 0.337. The summed E-state index contributed by atoms with van der Waals surface area (Å²) in [6, 6.07) is 21.5. The average molecular weight is 447 g/mol. The van der Waals surface area contributed by atoms with Gasteiger partial charge in [0.25, 0.3) is 5.91 Å². The van der Waals surface area contributed by atoms with Crippen molar-refractivity contribution in [2.45, 2.75) is 27.3 Å². The first-order valence-corrected chi connectivity index (χ1v) is 11.4. The van der Waals surface area contributed by atoms with Crippen LogP contribution in [-0.4, -0.2) is 24.1 Å². The molecule has 3 aromatic carbocycles. The number of amides is 1. The zero-order valence-corrected chi connectivity index (χ0v) is 19.3. The second-order valence-corrected chi connectivity index (χ2v) is 8.57. The Morgan fingerprint density at radius 1 is 0.969 bits per heavy atom. The van der Waals surface area contributed by atoms with Crippen LogP contribution in [0.1, 0.15) is 23.6 Å². The minimum Gasteiger partial charge on any atom is -0.490 e. The number of ether oxygens (including phenoxy) is 2. The third-order valence-electron chi connectivity index (χ3n) is 5.03. The predicted octanol–water partition coefficient (Wildman–Crippen LogP) is 5.92. The van der Waals surface area contributed by atoms with E-state index >= 15 is 0 Å². The summed E-state index contributed by atoms with van der Waals surface area (Å²) in [5.41, 5.74) is 4.25. The lowest BCUT2D eigenvalue weighted by Gasteiger charge is -2.20. The Morgan fingerprint density at radius 2 is 1.66 bits per heavy atom. The first-order chi connectivity index (χ1) is 15.5. The fourth-order valence-corrected chi connectivity index (χ4v) is 4.72. The minimum absolute atomic E-state index is 0.106. The van der Waals surface area contributed by atoms with Gasteiger partial charge in [0.2, 0.25) is 0 Å². The molecule has 0 aliphatic rings. The van der Waals surface area contributed by atoms with Crippen molar-refractivity contribution in [1.82, 2.24) is 4.98 Å². The van der Waals surface area contributed by atoms with Crippen molar-refractivity contribution in [3.05, 3.63) is 83.4 Å². The lowest BCUT2D eigenvalue weighted by atomic mass is 10.1. The molecule has 1 aromatic heterocycles. The van der Waals surface area contributed by atoms with E-state index in [1.807, 2.05) is 61.5 Å². The van der Waals surface area contributed by atoms with Crippen LogP contribution in [0.5, 0.6) is 11.5 Å². The molecule has 1 amide bonds. The minimum atomic E-state index is -0.159. The number of aromatic nitrogens is 1. The number of aryl methyl sites for hydroxylation is 2. The molecule has 0 bridgehead atoms. The van der Waals surface area contributed by atoms with Crippen LogP contribution in [0.25, 0.3) is 10.2 Å². The molecule has 0 saturated carbocycles. The van der Waals surface area contributed by atoms with Gasteiger partial charge < -0.3 is 9.47 Å². The molecule has 0 fully saturated rings. The molecule has 0 spiro atoms. The highest BCUT2D eigenvalue weighted by Crippen LogP contribution is 2.33. The van der Waals surface area contributed by atoms with E-state index in [9.17, 15) is 4.79 Å². The highest BCUT2D eigenvalue weighted by molar-refractivity contribution is 7.22. The van der Waals surface area contributed by atoms with Gasteiger partial charge in [0.05, 0.1) is 23.4 Å². The van der Waals surface area contributed by atoms with Gasteiger partial charge in [-0.3, -0.25) is 9.69 Å². The van der Waals surface area contributed by atoms with E-state index in [1.165, 1.54) is 16.9 Å². The van der Waals surface area contributed by atoms with Crippen molar-refractivity contribution in [3.63, 3.8) is 0 Å². The molecule has 0 aliphatic heterocycles. The van der Waals surface area contributed by atoms with E-state index in [0.717, 1.165) is 21.3 Å². The van der Waals surface area contributed by atoms with Gasteiger partial charge in [0.1, 0.15) is 0 Å². The summed E-state index contributed by atoms with van der Waals surface area (Å²) in [6.07, 6.45) is 0. The standard InChI is InChI=1S/C26H26N2O3S/c1-4-30-21-12-8-9-13-22(21)31-17-24(29)28(16-20-10-6-5-7-11-20)26-27-25-19(3)14-18(2)15-23(25)32-26/h5-15H,4,16-17H2,1-3H3. The number of carbonyl (C=O) groups excluding carboxylic acids is 1. The number of hydrogen-bond donors (Lipinski definition) is 0. The normalized spacial score (nSPS) is 10.8. The second kappa shape index (κ2) is 9.83. The van der Waals surface area contributed by atoms with Gasteiger partial charge in [-0.2, -0.15) is 0 Å².